The molecule has 1 aromatic carbocycles. The summed E-state index contributed by atoms with van der Waals surface area (Å²) >= 11 is 0. The van der Waals surface area contributed by atoms with Gasteiger partial charge >= 0.3 is 0 Å². The van der Waals surface area contributed by atoms with E-state index in [9.17, 15) is 13.2 Å². The summed E-state index contributed by atoms with van der Waals surface area (Å²) in [6, 6.07) is 7.46. The van der Waals surface area contributed by atoms with Gasteiger partial charge in [-0.1, -0.05) is 23.4 Å². The van der Waals surface area contributed by atoms with Crippen molar-refractivity contribution in [2.24, 2.45) is 0 Å². The third kappa shape index (κ3) is 3.85. The summed E-state index contributed by atoms with van der Waals surface area (Å²) in [4.78, 5) is 12.3. The number of ketones is 1. The highest BCUT2D eigenvalue weighted by molar-refractivity contribution is 7.90. The number of aromatic nitrogens is 5. The molecule has 0 saturated carbocycles. The smallest absolute Gasteiger partial charge is 0.184 e. The van der Waals surface area contributed by atoms with E-state index in [4.69, 9.17) is 0 Å². The van der Waals surface area contributed by atoms with Crippen molar-refractivity contribution in [3.8, 4) is 0 Å². The number of fused-ring (bicyclic) bond motifs is 1. The van der Waals surface area contributed by atoms with Crippen molar-refractivity contribution in [1.29, 1.82) is 0 Å². The Labute approximate surface area is 138 Å². The SMILES string of the molecule is CS(=O)(=O)CCn1cc(CCC(=O)c2n[nH]c3ccccc23)nn1. The van der Waals surface area contributed by atoms with E-state index >= 15 is 0 Å². The number of aryl methyl sites for hydroxylation is 2. The second kappa shape index (κ2) is 6.52. The Bertz CT molecular complexity index is 974. The molecule has 0 fully saturated rings. The number of carbonyl (C=O) groups is 1. The predicted octanol–water partition coefficient (Wildman–Crippen LogP) is 1.01. The molecule has 2 heterocycles. The Balaban J connectivity index is 1.61. The van der Waals surface area contributed by atoms with Crippen molar-refractivity contribution in [2.45, 2.75) is 19.4 Å². The molecule has 126 valence electrons. The van der Waals surface area contributed by atoms with Gasteiger partial charge in [0.2, 0.25) is 0 Å². The van der Waals surface area contributed by atoms with E-state index in [0.717, 1.165) is 10.9 Å². The lowest BCUT2D eigenvalue weighted by atomic mass is 10.1. The molecular weight excluding hydrogens is 330 g/mol. The third-order valence-electron chi connectivity index (χ3n) is 3.62. The molecule has 0 aliphatic rings. The first-order valence-electron chi connectivity index (χ1n) is 7.45. The zero-order chi connectivity index (χ0) is 17.2. The van der Waals surface area contributed by atoms with Crippen molar-refractivity contribution in [3.63, 3.8) is 0 Å². The van der Waals surface area contributed by atoms with Crippen molar-refractivity contribution in [2.75, 3.05) is 12.0 Å². The average molecular weight is 347 g/mol. The molecule has 0 aliphatic heterocycles. The summed E-state index contributed by atoms with van der Waals surface area (Å²) < 4.78 is 23.8. The van der Waals surface area contributed by atoms with Gasteiger partial charge in [-0.25, -0.2) is 8.42 Å². The molecule has 3 aromatic rings. The number of aromatic amines is 1. The number of para-hydroxylation sites is 1. The van der Waals surface area contributed by atoms with Gasteiger partial charge in [-0.15, -0.1) is 5.10 Å². The molecule has 0 saturated heterocycles. The van der Waals surface area contributed by atoms with E-state index in [1.165, 1.54) is 10.9 Å². The second-order valence-electron chi connectivity index (χ2n) is 5.64. The molecule has 0 bridgehead atoms. The maximum atomic E-state index is 12.3. The van der Waals surface area contributed by atoms with Crippen LogP contribution in [0.25, 0.3) is 10.9 Å². The van der Waals surface area contributed by atoms with Gasteiger partial charge in [0.25, 0.3) is 0 Å². The number of nitrogens with zero attached hydrogens (tertiary/aromatic N) is 4. The maximum absolute atomic E-state index is 12.3. The Kier molecular flexibility index (Phi) is 4.43. The summed E-state index contributed by atoms with van der Waals surface area (Å²) in [5, 5.41) is 15.6. The number of hydrogen-bond acceptors (Lipinski definition) is 6. The number of benzene rings is 1. The highest BCUT2D eigenvalue weighted by Gasteiger charge is 2.14. The molecule has 0 amide bonds. The minimum atomic E-state index is -3.04. The standard InChI is InChI=1S/C15H17N5O3S/c1-24(22,23)9-8-20-10-11(16-19-20)6-7-14(21)15-12-4-2-3-5-13(12)17-18-15/h2-5,10H,6-9H2,1H3,(H,17,18). The third-order valence-corrected chi connectivity index (χ3v) is 4.54. The van der Waals surface area contributed by atoms with Crippen LogP contribution in [-0.2, 0) is 22.8 Å². The predicted molar refractivity (Wildman–Crippen MR) is 88.5 cm³/mol. The van der Waals surface area contributed by atoms with E-state index in [2.05, 4.69) is 20.5 Å². The first-order valence-corrected chi connectivity index (χ1v) is 9.51. The van der Waals surface area contributed by atoms with E-state index in [1.807, 2.05) is 24.3 Å². The van der Waals surface area contributed by atoms with Crippen LogP contribution in [0.15, 0.2) is 30.5 Å². The van der Waals surface area contributed by atoms with E-state index in [-0.39, 0.29) is 24.5 Å². The van der Waals surface area contributed by atoms with Crippen LogP contribution >= 0.6 is 0 Å². The number of carbonyl (C=O) groups excluding carboxylic acids is 1. The fourth-order valence-corrected chi connectivity index (χ4v) is 2.88. The van der Waals surface area contributed by atoms with Crippen LogP contribution in [0.4, 0.5) is 0 Å². The lowest BCUT2D eigenvalue weighted by molar-refractivity contribution is 0.0979. The molecular formula is C15H17N5O3S. The molecule has 0 spiro atoms. The zero-order valence-electron chi connectivity index (χ0n) is 13.1. The van der Waals surface area contributed by atoms with Crippen LogP contribution in [0.5, 0.6) is 0 Å². The fourth-order valence-electron chi connectivity index (χ4n) is 2.36. The van der Waals surface area contributed by atoms with E-state index < -0.39 is 9.84 Å². The molecule has 9 heteroatoms. The normalized spacial score (nSPS) is 11.9. The number of H-pyrrole nitrogens is 1. The molecule has 24 heavy (non-hydrogen) atoms. The van der Waals surface area contributed by atoms with Gasteiger partial charge in [0.15, 0.2) is 5.78 Å². The van der Waals surface area contributed by atoms with Crippen LogP contribution in [0.2, 0.25) is 0 Å². The largest absolute Gasteiger partial charge is 0.292 e. The van der Waals surface area contributed by atoms with Crippen LogP contribution in [-0.4, -0.2) is 51.4 Å². The van der Waals surface area contributed by atoms with Gasteiger partial charge in [-0.05, 0) is 6.07 Å². The van der Waals surface area contributed by atoms with E-state index in [1.54, 1.807) is 6.20 Å². The summed E-state index contributed by atoms with van der Waals surface area (Å²) in [6.07, 6.45) is 3.54. The van der Waals surface area contributed by atoms with Crippen molar-refractivity contribution in [3.05, 3.63) is 41.9 Å². The van der Waals surface area contributed by atoms with Crippen LogP contribution in [0.3, 0.4) is 0 Å². The highest BCUT2D eigenvalue weighted by Crippen LogP contribution is 2.17. The number of sulfone groups is 1. The Morgan fingerprint density at radius 1 is 1.29 bits per heavy atom. The topological polar surface area (TPSA) is 111 Å². The minimum Gasteiger partial charge on any atom is -0.292 e. The Hall–Kier alpha value is -2.55. The van der Waals surface area contributed by atoms with Gasteiger partial charge < -0.3 is 0 Å². The van der Waals surface area contributed by atoms with E-state index in [0.29, 0.717) is 17.8 Å². The van der Waals surface area contributed by atoms with Crippen molar-refractivity contribution >= 4 is 26.5 Å². The van der Waals surface area contributed by atoms with Crippen LogP contribution in [0.1, 0.15) is 22.6 Å². The average Bonchev–Trinajstić information content (AvgIpc) is 3.17. The molecule has 3 rings (SSSR count). The first-order chi connectivity index (χ1) is 11.4. The lowest BCUT2D eigenvalue weighted by Crippen LogP contribution is -2.11. The van der Waals surface area contributed by atoms with Crippen LogP contribution < -0.4 is 0 Å². The second-order valence-corrected chi connectivity index (χ2v) is 7.90. The minimum absolute atomic E-state index is 0.00793. The first kappa shape index (κ1) is 16.3. The molecule has 0 unspecified atom stereocenters. The van der Waals surface area contributed by atoms with Crippen molar-refractivity contribution < 1.29 is 13.2 Å². The summed E-state index contributed by atoms with van der Waals surface area (Å²) in [5.74, 6) is -0.0632. The monoisotopic (exact) mass is 347 g/mol. The summed E-state index contributed by atoms with van der Waals surface area (Å²) in [6.45, 7) is 0.254. The molecule has 1 N–H and O–H groups in total. The van der Waals surface area contributed by atoms with Gasteiger partial charge in [0.1, 0.15) is 15.5 Å². The molecule has 2 aromatic heterocycles. The molecule has 8 nitrogen and oxygen atoms in total. The lowest BCUT2D eigenvalue weighted by Gasteiger charge is -1.98. The number of rotatable bonds is 7. The number of hydrogen-bond donors (Lipinski definition) is 1. The zero-order valence-corrected chi connectivity index (χ0v) is 14.0. The Morgan fingerprint density at radius 3 is 2.88 bits per heavy atom. The quantitative estimate of drug-likeness (QED) is 0.639. The number of Topliss-reactive ketones (excluding diaryl/α,β-unsaturated/α-hetero) is 1. The van der Waals surface area contributed by atoms with Crippen LogP contribution in [0, 0.1) is 0 Å². The van der Waals surface area contributed by atoms with Gasteiger partial charge in [0.05, 0.1) is 23.5 Å². The van der Waals surface area contributed by atoms with Crippen molar-refractivity contribution in [1.82, 2.24) is 25.2 Å². The maximum Gasteiger partial charge on any atom is 0.184 e. The molecule has 0 aliphatic carbocycles. The van der Waals surface area contributed by atoms with Gasteiger partial charge in [-0.3, -0.25) is 14.6 Å². The summed E-state index contributed by atoms with van der Waals surface area (Å²) in [5.41, 5.74) is 1.90. The molecule has 0 atom stereocenters. The van der Waals surface area contributed by atoms with Gasteiger partial charge in [-0.2, -0.15) is 5.10 Å². The van der Waals surface area contributed by atoms with Gasteiger partial charge in [0, 0.05) is 30.7 Å². The Morgan fingerprint density at radius 2 is 2.08 bits per heavy atom. The number of nitrogens with one attached hydrogen (secondary N) is 1. The molecule has 0 radical (unpaired) electrons. The highest BCUT2D eigenvalue weighted by atomic mass is 32.2. The fraction of sp³-hybridized carbons (Fsp3) is 0.333. The summed E-state index contributed by atoms with van der Waals surface area (Å²) in [7, 11) is -3.04.